The standard InChI is InChI=1S/C19H20F3N5O4S/c1-5-32(29,30)13-6-10(31-18(2,3)17(23)28)8-25-15(13)16-26-11-7-14(19(20,21)22)24-9-12(11)27(16)4/h6-9H,5H2,1-4H3,(H2,23,28). The van der Waals surface area contributed by atoms with E-state index < -0.39 is 33.2 Å². The number of aromatic nitrogens is 4. The number of rotatable bonds is 6. The number of pyridine rings is 2. The highest BCUT2D eigenvalue weighted by Crippen LogP contribution is 2.33. The van der Waals surface area contributed by atoms with Gasteiger partial charge in [0, 0.05) is 13.1 Å². The van der Waals surface area contributed by atoms with Crippen LogP contribution in [0, 0.1) is 0 Å². The molecule has 0 aliphatic rings. The molecule has 0 saturated carbocycles. The molecule has 13 heteroatoms. The molecule has 0 fully saturated rings. The molecular weight excluding hydrogens is 451 g/mol. The zero-order chi connectivity index (χ0) is 24.1. The molecular formula is C19H20F3N5O4S. The van der Waals surface area contributed by atoms with Crippen LogP contribution in [0.4, 0.5) is 13.2 Å². The first-order chi connectivity index (χ1) is 14.7. The number of amides is 1. The first kappa shape index (κ1) is 23.4. The number of carbonyl (C=O) groups excluding carboxylic acids is 1. The highest BCUT2D eigenvalue weighted by molar-refractivity contribution is 7.91. The van der Waals surface area contributed by atoms with E-state index in [0.717, 1.165) is 12.3 Å². The van der Waals surface area contributed by atoms with Crippen LogP contribution in [0.25, 0.3) is 22.6 Å². The fourth-order valence-corrected chi connectivity index (χ4v) is 3.89. The zero-order valence-electron chi connectivity index (χ0n) is 17.6. The van der Waals surface area contributed by atoms with Crippen molar-refractivity contribution in [3.8, 4) is 17.3 Å². The molecule has 0 radical (unpaired) electrons. The summed E-state index contributed by atoms with van der Waals surface area (Å²) in [5.74, 6) is -1.06. The van der Waals surface area contributed by atoms with E-state index in [2.05, 4.69) is 15.0 Å². The average Bonchev–Trinajstić information content (AvgIpc) is 3.03. The number of aryl methyl sites for hydroxylation is 1. The van der Waals surface area contributed by atoms with Crippen LogP contribution in [0.5, 0.6) is 5.75 Å². The van der Waals surface area contributed by atoms with Crippen LogP contribution in [0.1, 0.15) is 26.5 Å². The number of fused-ring (bicyclic) bond motifs is 1. The minimum atomic E-state index is -4.66. The molecule has 172 valence electrons. The molecule has 3 heterocycles. The molecule has 0 aromatic carbocycles. The van der Waals surface area contributed by atoms with Gasteiger partial charge in [0.15, 0.2) is 21.3 Å². The second-order valence-electron chi connectivity index (χ2n) is 7.45. The molecule has 0 atom stereocenters. The Morgan fingerprint density at radius 1 is 1.19 bits per heavy atom. The van der Waals surface area contributed by atoms with Crippen LogP contribution in [0.3, 0.4) is 0 Å². The highest BCUT2D eigenvalue weighted by atomic mass is 32.2. The summed E-state index contributed by atoms with van der Waals surface area (Å²) in [5, 5.41) is 0. The molecule has 0 unspecified atom stereocenters. The van der Waals surface area contributed by atoms with Gasteiger partial charge in [0.25, 0.3) is 5.91 Å². The fourth-order valence-electron chi connectivity index (χ4n) is 2.84. The number of ether oxygens (including phenoxy) is 1. The average molecular weight is 471 g/mol. The number of sulfone groups is 1. The summed E-state index contributed by atoms with van der Waals surface area (Å²) in [4.78, 5) is 23.0. The summed E-state index contributed by atoms with van der Waals surface area (Å²) >= 11 is 0. The van der Waals surface area contributed by atoms with Crippen molar-refractivity contribution in [3.05, 3.63) is 30.2 Å². The molecule has 3 rings (SSSR count). The van der Waals surface area contributed by atoms with E-state index in [1.165, 1.54) is 44.6 Å². The maximum Gasteiger partial charge on any atom is 0.433 e. The van der Waals surface area contributed by atoms with Crippen molar-refractivity contribution in [2.75, 3.05) is 5.75 Å². The second kappa shape index (κ2) is 7.73. The second-order valence-corrected chi connectivity index (χ2v) is 9.69. The van der Waals surface area contributed by atoms with Crippen molar-refractivity contribution in [1.82, 2.24) is 19.5 Å². The van der Waals surface area contributed by atoms with E-state index in [1.807, 2.05) is 0 Å². The molecule has 0 bridgehead atoms. The largest absolute Gasteiger partial charge is 0.476 e. The van der Waals surface area contributed by atoms with Crippen LogP contribution < -0.4 is 10.5 Å². The Bertz CT molecular complexity index is 1320. The van der Waals surface area contributed by atoms with E-state index in [9.17, 15) is 26.4 Å². The number of nitrogens with zero attached hydrogens (tertiary/aromatic N) is 4. The third-order valence-corrected chi connectivity index (χ3v) is 6.52. The van der Waals surface area contributed by atoms with Gasteiger partial charge in [-0.3, -0.25) is 4.79 Å². The first-order valence-corrected chi connectivity index (χ1v) is 10.9. The lowest BCUT2D eigenvalue weighted by Gasteiger charge is -2.23. The van der Waals surface area contributed by atoms with Crippen LogP contribution >= 0.6 is 0 Å². The Balaban J connectivity index is 2.22. The molecule has 0 saturated heterocycles. The maximum atomic E-state index is 13.0. The predicted octanol–water partition coefficient (Wildman–Crippen LogP) is 2.49. The van der Waals surface area contributed by atoms with Gasteiger partial charge >= 0.3 is 6.18 Å². The highest BCUT2D eigenvalue weighted by Gasteiger charge is 2.34. The minimum absolute atomic E-state index is 0.0221. The van der Waals surface area contributed by atoms with Crippen LogP contribution in [-0.2, 0) is 27.9 Å². The first-order valence-electron chi connectivity index (χ1n) is 9.29. The number of carbonyl (C=O) groups is 1. The minimum Gasteiger partial charge on any atom is -0.476 e. The summed E-state index contributed by atoms with van der Waals surface area (Å²) in [7, 11) is -2.36. The van der Waals surface area contributed by atoms with Gasteiger partial charge in [-0.2, -0.15) is 13.2 Å². The number of primary amides is 1. The topological polar surface area (TPSA) is 130 Å². The summed E-state index contributed by atoms with van der Waals surface area (Å²) in [6.45, 7) is 4.25. The molecule has 32 heavy (non-hydrogen) atoms. The molecule has 9 nitrogen and oxygen atoms in total. The van der Waals surface area contributed by atoms with Gasteiger partial charge in [-0.15, -0.1) is 0 Å². The van der Waals surface area contributed by atoms with E-state index in [4.69, 9.17) is 10.5 Å². The monoisotopic (exact) mass is 471 g/mol. The third-order valence-electron chi connectivity index (χ3n) is 4.78. The van der Waals surface area contributed by atoms with Crippen molar-refractivity contribution in [1.29, 1.82) is 0 Å². The van der Waals surface area contributed by atoms with E-state index in [1.54, 1.807) is 0 Å². The van der Waals surface area contributed by atoms with Gasteiger partial charge in [0.2, 0.25) is 0 Å². The maximum absolute atomic E-state index is 13.0. The molecule has 3 aromatic rings. The van der Waals surface area contributed by atoms with Gasteiger partial charge < -0.3 is 15.0 Å². The van der Waals surface area contributed by atoms with Crippen LogP contribution in [-0.4, -0.2) is 45.2 Å². The molecule has 2 N–H and O–H groups in total. The lowest BCUT2D eigenvalue weighted by atomic mass is 10.1. The molecule has 0 aliphatic carbocycles. The number of imidazole rings is 1. The number of nitrogens with two attached hydrogens (primary N) is 1. The van der Waals surface area contributed by atoms with Crippen molar-refractivity contribution in [3.63, 3.8) is 0 Å². The predicted molar refractivity (Wildman–Crippen MR) is 108 cm³/mol. The quantitative estimate of drug-likeness (QED) is 0.584. The lowest BCUT2D eigenvalue weighted by Crippen LogP contribution is -2.43. The summed E-state index contributed by atoms with van der Waals surface area (Å²) in [6.07, 6.45) is -2.46. The number of halogens is 3. The van der Waals surface area contributed by atoms with Crippen LogP contribution in [0.2, 0.25) is 0 Å². The smallest absolute Gasteiger partial charge is 0.433 e. The van der Waals surface area contributed by atoms with Crippen molar-refractivity contribution >= 4 is 26.8 Å². The van der Waals surface area contributed by atoms with Crippen molar-refractivity contribution in [2.45, 2.75) is 37.4 Å². The number of hydrogen-bond donors (Lipinski definition) is 1. The number of alkyl halides is 3. The summed E-state index contributed by atoms with van der Waals surface area (Å²) < 4.78 is 71.5. The molecule has 3 aromatic heterocycles. The van der Waals surface area contributed by atoms with E-state index in [-0.39, 0.29) is 38.9 Å². The fraction of sp³-hybridized carbons (Fsp3) is 0.368. The Morgan fingerprint density at radius 3 is 2.41 bits per heavy atom. The molecule has 0 aliphatic heterocycles. The van der Waals surface area contributed by atoms with Gasteiger partial charge in [-0.1, -0.05) is 6.92 Å². The number of hydrogen-bond acceptors (Lipinski definition) is 7. The van der Waals surface area contributed by atoms with Gasteiger partial charge in [-0.25, -0.2) is 23.4 Å². The zero-order valence-corrected chi connectivity index (χ0v) is 18.4. The van der Waals surface area contributed by atoms with E-state index >= 15 is 0 Å². The lowest BCUT2D eigenvalue weighted by molar-refractivity contribution is -0.141. The normalized spacial score (nSPS) is 12.8. The Morgan fingerprint density at radius 2 is 1.84 bits per heavy atom. The summed E-state index contributed by atoms with van der Waals surface area (Å²) in [6, 6.07) is 1.96. The van der Waals surface area contributed by atoms with Gasteiger partial charge in [-0.05, 0) is 19.9 Å². The molecule has 0 spiro atoms. The van der Waals surface area contributed by atoms with Gasteiger partial charge in [0.05, 0.1) is 29.2 Å². The Hall–Kier alpha value is -3.22. The SMILES string of the molecule is CCS(=O)(=O)c1cc(OC(C)(C)C(N)=O)cnc1-c1nc2cc(C(F)(F)F)ncc2n1C. The van der Waals surface area contributed by atoms with Gasteiger partial charge in [0.1, 0.15) is 22.0 Å². The Labute approximate surface area is 181 Å². The van der Waals surface area contributed by atoms with E-state index in [0.29, 0.717) is 0 Å². The molecule has 1 amide bonds. The Kier molecular flexibility index (Phi) is 5.66. The van der Waals surface area contributed by atoms with Crippen molar-refractivity contribution < 1.29 is 31.1 Å². The van der Waals surface area contributed by atoms with Crippen molar-refractivity contribution in [2.24, 2.45) is 12.8 Å². The van der Waals surface area contributed by atoms with Crippen LogP contribution in [0.15, 0.2) is 29.4 Å². The third kappa shape index (κ3) is 4.24. The summed E-state index contributed by atoms with van der Waals surface area (Å²) in [5.41, 5.74) is 2.88.